The van der Waals surface area contributed by atoms with Crippen LogP contribution in [0.3, 0.4) is 0 Å². The lowest BCUT2D eigenvalue weighted by atomic mass is 10.0. The normalized spacial score (nSPS) is 19.7. The van der Waals surface area contributed by atoms with Crippen molar-refractivity contribution in [3.05, 3.63) is 101 Å². The highest BCUT2D eigenvalue weighted by molar-refractivity contribution is 7.99. The van der Waals surface area contributed by atoms with Crippen molar-refractivity contribution in [1.82, 2.24) is 14.7 Å². The summed E-state index contributed by atoms with van der Waals surface area (Å²) in [6, 6.07) is 23.7. The number of esters is 1. The number of rotatable bonds is 8. The van der Waals surface area contributed by atoms with E-state index in [2.05, 4.69) is 66.1 Å². The first kappa shape index (κ1) is 31.0. The largest absolute Gasteiger partial charge is 0.465 e. The zero-order chi connectivity index (χ0) is 30.3. The molecule has 0 bridgehead atoms. The number of carbonyl (C=O) groups excluding carboxylic acids is 2. The van der Waals surface area contributed by atoms with Gasteiger partial charge in [-0.1, -0.05) is 48.5 Å². The lowest BCUT2D eigenvalue weighted by Crippen LogP contribution is -2.55. The maximum absolute atomic E-state index is 15.1. The van der Waals surface area contributed by atoms with Gasteiger partial charge in [0.1, 0.15) is 5.82 Å². The Balaban J connectivity index is 1.28. The second kappa shape index (κ2) is 14.4. The summed E-state index contributed by atoms with van der Waals surface area (Å²) < 4.78 is 19.8. The summed E-state index contributed by atoms with van der Waals surface area (Å²) in [6.45, 7) is 9.74. The number of carbonyl (C=O) groups is 2. The molecule has 2 atom stereocenters. The molecule has 2 heterocycles. The van der Waals surface area contributed by atoms with Gasteiger partial charge in [0.2, 0.25) is 0 Å². The third-order valence-corrected chi connectivity index (χ3v) is 9.30. The van der Waals surface area contributed by atoms with E-state index in [1.54, 1.807) is 11.0 Å². The summed E-state index contributed by atoms with van der Waals surface area (Å²) in [7, 11) is 1.27. The van der Waals surface area contributed by atoms with Gasteiger partial charge in [-0.2, -0.15) is 11.8 Å². The van der Waals surface area contributed by atoms with Crippen LogP contribution >= 0.6 is 11.8 Å². The summed E-state index contributed by atoms with van der Waals surface area (Å²) in [6.07, 6.45) is 0. The first-order valence-electron chi connectivity index (χ1n) is 14.9. The lowest BCUT2D eigenvalue weighted by Gasteiger charge is -2.44. The van der Waals surface area contributed by atoms with E-state index in [4.69, 9.17) is 4.74 Å². The van der Waals surface area contributed by atoms with Gasteiger partial charge in [0, 0.05) is 74.1 Å². The van der Waals surface area contributed by atoms with Crippen molar-refractivity contribution in [2.75, 3.05) is 49.7 Å². The third kappa shape index (κ3) is 7.77. The molecule has 0 aliphatic carbocycles. The molecular formula is C34H41FN4O3S. The molecule has 2 amide bonds. The standard InChI is InChI=1S/C34H41FN4O3S/c1-25-20-36(21-26(2)38(25)23-27-7-5-4-6-8-27)22-28-9-13-31(14-10-28)39(34(41)37-15-17-43-18-16-37)24-30-12-11-29(19-32(30)35)33(40)42-3/h4-14,19,25-26H,15-18,20-24H2,1-3H3/t25-,26+. The average molecular weight is 605 g/mol. The van der Waals surface area contributed by atoms with E-state index in [9.17, 15) is 9.59 Å². The first-order chi connectivity index (χ1) is 20.8. The van der Waals surface area contributed by atoms with Crippen molar-refractivity contribution in [1.29, 1.82) is 0 Å². The van der Waals surface area contributed by atoms with Crippen molar-refractivity contribution >= 4 is 29.4 Å². The van der Waals surface area contributed by atoms with Crippen LogP contribution in [0.25, 0.3) is 0 Å². The number of benzene rings is 3. The predicted molar refractivity (Wildman–Crippen MR) is 171 cm³/mol. The van der Waals surface area contributed by atoms with E-state index >= 15 is 4.39 Å². The molecular weight excluding hydrogens is 563 g/mol. The van der Waals surface area contributed by atoms with Crippen LogP contribution in [0.2, 0.25) is 0 Å². The number of halogens is 1. The number of piperazine rings is 1. The van der Waals surface area contributed by atoms with Crippen molar-refractivity contribution < 1.29 is 18.7 Å². The highest BCUT2D eigenvalue weighted by Crippen LogP contribution is 2.25. The fraction of sp³-hybridized carbons (Fsp3) is 0.412. The Bertz CT molecular complexity index is 1370. The van der Waals surface area contributed by atoms with Gasteiger partial charge >= 0.3 is 12.0 Å². The molecule has 0 aromatic heterocycles. The number of thioether (sulfide) groups is 1. The smallest absolute Gasteiger partial charge is 0.337 e. The molecule has 0 saturated carbocycles. The van der Waals surface area contributed by atoms with E-state index in [-0.39, 0.29) is 18.1 Å². The van der Waals surface area contributed by atoms with E-state index in [0.717, 1.165) is 43.4 Å². The minimum atomic E-state index is -0.596. The summed E-state index contributed by atoms with van der Waals surface area (Å²) in [5, 5.41) is 0. The fourth-order valence-corrected chi connectivity index (χ4v) is 6.93. The van der Waals surface area contributed by atoms with Gasteiger partial charge in [0.25, 0.3) is 0 Å². The highest BCUT2D eigenvalue weighted by Gasteiger charge is 2.30. The second-order valence-electron chi connectivity index (χ2n) is 11.5. The van der Waals surface area contributed by atoms with Crippen LogP contribution in [0, 0.1) is 5.82 Å². The molecule has 2 fully saturated rings. The van der Waals surface area contributed by atoms with Gasteiger partial charge in [-0.15, -0.1) is 0 Å². The topological polar surface area (TPSA) is 56.3 Å². The fourth-order valence-electron chi connectivity index (χ4n) is 6.03. The summed E-state index contributed by atoms with van der Waals surface area (Å²) in [4.78, 5) is 34.1. The van der Waals surface area contributed by atoms with Gasteiger partial charge in [-0.05, 0) is 49.2 Å². The number of hydrogen-bond acceptors (Lipinski definition) is 6. The van der Waals surface area contributed by atoms with Crippen molar-refractivity contribution in [2.45, 2.75) is 45.6 Å². The van der Waals surface area contributed by atoms with Crippen LogP contribution in [0.15, 0.2) is 72.8 Å². The van der Waals surface area contributed by atoms with E-state index in [0.29, 0.717) is 30.7 Å². The minimum Gasteiger partial charge on any atom is -0.465 e. The SMILES string of the molecule is COC(=O)c1ccc(CN(C(=O)N2CCSCC2)c2ccc(CN3C[C@@H](C)N(Cc4ccccc4)[C@@H](C)C3)cc2)c(F)c1. The van der Waals surface area contributed by atoms with Gasteiger partial charge < -0.3 is 9.64 Å². The number of methoxy groups -OCH3 is 1. The Morgan fingerprint density at radius 3 is 2.19 bits per heavy atom. The monoisotopic (exact) mass is 604 g/mol. The van der Waals surface area contributed by atoms with Crippen LogP contribution in [0.1, 0.15) is 40.9 Å². The Morgan fingerprint density at radius 2 is 1.56 bits per heavy atom. The number of amides is 2. The average Bonchev–Trinajstić information content (AvgIpc) is 3.03. The summed E-state index contributed by atoms with van der Waals surface area (Å²) in [5.41, 5.74) is 3.72. The van der Waals surface area contributed by atoms with Crippen molar-refractivity contribution in [2.24, 2.45) is 0 Å². The molecule has 3 aromatic carbocycles. The maximum Gasteiger partial charge on any atom is 0.337 e. The van der Waals surface area contributed by atoms with Crippen LogP contribution in [-0.4, -0.2) is 83.6 Å². The number of hydrogen-bond donors (Lipinski definition) is 0. The minimum absolute atomic E-state index is 0.0630. The first-order valence-corrected chi connectivity index (χ1v) is 16.1. The Labute approximate surface area is 258 Å². The van der Waals surface area contributed by atoms with Crippen LogP contribution in [0.5, 0.6) is 0 Å². The highest BCUT2D eigenvalue weighted by atomic mass is 32.2. The number of urea groups is 1. The number of ether oxygens (including phenoxy) is 1. The summed E-state index contributed by atoms with van der Waals surface area (Å²) >= 11 is 1.83. The number of nitrogens with zero attached hydrogens (tertiary/aromatic N) is 4. The molecule has 43 heavy (non-hydrogen) atoms. The van der Waals surface area contributed by atoms with Crippen LogP contribution in [0.4, 0.5) is 14.9 Å². The van der Waals surface area contributed by atoms with E-state index in [1.807, 2.05) is 28.8 Å². The predicted octanol–water partition coefficient (Wildman–Crippen LogP) is 5.88. The molecule has 0 radical (unpaired) electrons. The molecule has 5 rings (SSSR count). The molecule has 0 unspecified atom stereocenters. The Kier molecular flexibility index (Phi) is 10.4. The molecule has 3 aromatic rings. The molecule has 228 valence electrons. The maximum atomic E-state index is 15.1. The molecule has 2 aliphatic rings. The zero-order valence-electron chi connectivity index (χ0n) is 25.2. The number of anilines is 1. The van der Waals surface area contributed by atoms with Crippen LogP contribution in [-0.2, 0) is 24.4 Å². The quantitative estimate of drug-likeness (QED) is 0.299. The van der Waals surface area contributed by atoms with Crippen LogP contribution < -0.4 is 4.90 Å². The van der Waals surface area contributed by atoms with E-state index in [1.165, 1.54) is 30.4 Å². The van der Waals surface area contributed by atoms with Gasteiger partial charge in [0.15, 0.2) is 0 Å². The van der Waals surface area contributed by atoms with Crippen molar-refractivity contribution in [3.63, 3.8) is 0 Å². The molecule has 2 aliphatic heterocycles. The van der Waals surface area contributed by atoms with Crippen molar-refractivity contribution in [3.8, 4) is 0 Å². The van der Waals surface area contributed by atoms with Gasteiger partial charge in [0.05, 0.1) is 19.2 Å². The molecule has 0 N–H and O–H groups in total. The summed E-state index contributed by atoms with van der Waals surface area (Å²) in [5.74, 6) is 0.633. The lowest BCUT2D eigenvalue weighted by molar-refractivity contribution is 0.0290. The third-order valence-electron chi connectivity index (χ3n) is 8.35. The Hall–Kier alpha value is -3.40. The molecule has 9 heteroatoms. The Morgan fingerprint density at radius 1 is 0.907 bits per heavy atom. The van der Waals surface area contributed by atoms with Gasteiger partial charge in [-0.25, -0.2) is 14.0 Å². The van der Waals surface area contributed by atoms with E-state index < -0.39 is 11.8 Å². The molecule has 2 saturated heterocycles. The zero-order valence-corrected chi connectivity index (χ0v) is 26.1. The molecule has 0 spiro atoms. The van der Waals surface area contributed by atoms with Gasteiger partial charge in [-0.3, -0.25) is 14.7 Å². The molecule has 7 nitrogen and oxygen atoms in total. The second-order valence-corrected chi connectivity index (χ2v) is 12.7.